The SMILES string of the molecule is CC1[C@H]2C(CO)C[C@@H](CN1C(=O)OC(C)(C)C)N2C. The van der Waals surface area contributed by atoms with Gasteiger partial charge in [0.25, 0.3) is 0 Å². The molecule has 0 aromatic heterocycles. The van der Waals surface area contributed by atoms with Crippen molar-refractivity contribution in [3.05, 3.63) is 0 Å². The Balaban J connectivity index is 2.12. The van der Waals surface area contributed by atoms with Crippen LogP contribution in [0.3, 0.4) is 0 Å². The van der Waals surface area contributed by atoms with Crippen molar-refractivity contribution in [1.82, 2.24) is 9.80 Å². The summed E-state index contributed by atoms with van der Waals surface area (Å²) in [5, 5.41) is 9.50. The fourth-order valence-corrected chi connectivity index (χ4v) is 3.49. The van der Waals surface area contributed by atoms with E-state index in [9.17, 15) is 9.90 Å². The number of aliphatic hydroxyl groups is 1. The second-order valence-corrected chi connectivity index (χ2v) is 6.86. The predicted octanol–water partition coefficient (Wildman–Crippen LogP) is 1.31. The van der Waals surface area contributed by atoms with E-state index in [1.807, 2.05) is 25.7 Å². The number of carbonyl (C=O) groups excluding carboxylic acids is 1. The van der Waals surface area contributed by atoms with E-state index in [2.05, 4.69) is 18.9 Å². The molecule has 0 spiro atoms. The average molecular weight is 270 g/mol. The van der Waals surface area contributed by atoms with Crippen LogP contribution < -0.4 is 0 Å². The molecule has 2 saturated heterocycles. The number of amides is 1. The number of fused-ring (bicyclic) bond motifs is 2. The van der Waals surface area contributed by atoms with E-state index in [0.717, 1.165) is 6.42 Å². The van der Waals surface area contributed by atoms with Gasteiger partial charge in [-0.1, -0.05) is 0 Å². The molecule has 2 rings (SSSR count). The van der Waals surface area contributed by atoms with Gasteiger partial charge in [0.1, 0.15) is 5.60 Å². The molecule has 2 bridgehead atoms. The van der Waals surface area contributed by atoms with Gasteiger partial charge in [-0.3, -0.25) is 4.90 Å². The van der Waals surface area contributed by atoms with E-state index >= 15 is 0 Å². The Bertz CT molecular complexity index is 353. The van der Waals surface area contributed by atoms with Gasteiger partial charge in [-0.05, 0) is 41.2 Å². The monoisotopic (exact) mass is 270 g/mol. The number of nitrogens with zero attached hydrogens (tertiary/aromatic N) is 2. The Hall–Kier alpha value is -0.810. The van der Waals surface area contributed by atoms with Crippen LogP contribution in [0, 0.1) is 5.92 Å². The normalized spacial score (nSPS) is 35.6. The minimum absolute atomic E-state index is 0.0794. The lowest BCUT2D eigenvalue weighted by molar-refractivity contribution is -0.0169. The van der Waals surface area contributed by atoms with Crippen molar-refractivity contribution in [2.24, 2.45) is 5.92 Å². The van der Waals surface area contributed by atoms with Crippen molar-refractivity contribution in [1.29, 1.82) is 0 Å². The molecule has 1 amide bonds. The van der Waals surface area contributed by atoms with Crippen LogP contribution in [-0.2, 0) is 4.74 Å². The van der Waals surface area contributed by atoms with Gasteiger partial charge in [-0.15, -0.1) is 0 Å². The first-order chi connectivity index (χ1) is 8.74. The maximum atomic E-state index is 12.3. The van der Waals surface area contributed by atoms with Gasteiger partial charge in [0.2, 0.25) is 0 Å². The molecule has 110 valence electrons. The highest BCUT2D eigenvalue weighted by Crippen LogP contribution is 2.37. The fourth-order valence-electron chi connectivity index (χ4n) is 3.49. The van der Waals surface area contributed by atoms with Crippen LogP contribution in [0.2, 0.25) is 0 Å². The summed E-state index contributed by atoms with van der Waals surface area (Å²) in [7, 11) is 2.09. The van der Waals surface area contributed by atoms with Gasteiger partial charge in [-0.25, -0.2) is 4.79 Å². The predicted molar refractivity (Wildman–Crippen MR) is 72.9 cm³/mol. The van der Waals surface area contributed by atoms with Crippen LogP contribution in [0.25, 0.3) is 0 Å². The van der Waals surface area contributed by atoms with Crippen LogP contribution in [0.15, 0.2) is 0 Å². The Labute approximate surface area is 115 Å². The van der Waals surface area contributed by atoms with Gasteiger partial charge >= 0.3 is 6.09 Å². The molecule has 0 aromatic rings. The summed E-state index contributed by atoms with van der Waals surface area (Å²) in [6, 6.07) is 0.651. The molecule has 0 saturated carbocycles. The Morgan fingerprint density at radius 1 is 1.42 bits per heavy atom. The van der Waals surface area contributed by atoms with E-state index in [4.69, 9.17) is 4.74 Å². The molecule has 5 heteroatoms. The molecule has 0 aromatic carbocycles. The zero-order chi connectivity index (χ0) is 14.4. The van der Waals surface area contributed by atoms with Crippen molar-refractivity contribution in [3.63, 3.8) is 0 Å². The molecule has 2 fully saturated rings. The van der Waals surface area contributed by atoms with Crippen LogP contribution >= 0.6 is 0 Å². The number of likely N-dealkylation sites (N-methyl/N-ethyl adjacent to an activating group) is 1. The van der Waals surface area contributed by atoms with E-state index in [-0.39, 0.29) is 30.7 Å². The van der Waals surface area contributed by atoms with Crippen molar-refractivity contribution >= 4 is 6.09 Å². The molecule has 0 radical (unpaired) electrons. The first kappa shape index (κ1) is 14.6. The number of hydrogen-bond acceptors (Lipinski definition) is 4. The standard InChI is InChI=1S/C14H26N2O3/c1-9-12-10(8-17)6-11(15(12)5)7-16(9)13(18)19-14(2,3)4/h9-12,17H,6-8H2,1-5H3/t9?,10?,11-,12-/m0/s1. The lowest BCUT2D eigenvalue weighted by atomic mass is 9.96. The summed E-state index contributed by atoms with van der Waals surface area (Å²) in [6.07, 6.45) is 0.725. The van der Waals surface area contributed by atoms with Crippen LogP contribution in [0.4, 0.5) is 4.79 Å². The van der Waals surface area contributed by atoms with Gasteiger partial charge in [0.05, 0.1) is 0 Å². The molecule has 2 heterocycles. The Morgan fingerprint density at radius 3 is 2.58 bits per heavy atom. The van der Waals surface area contributed by atoms with Gasteiger partial charge in [-0.2, -0.15) is 0 Å². The van der Waals surface area contributed by atoms with Gasteiger partial charge in [0, 0.05) is 37.2 Å². The Morgan fingerprint density at radius 2 is 2.05 bits per heavy atom. The highest BCUT2D eigenvalue weighted by molar-refractivity contribution is 5.69. The third-order valence-electron chi connectivity index (χ3n) is 4.36. The first-order valence-corrected chi connectivity index (χ1v) is 7.07. The largest absolute Gasteiger partial charge is 0.444 e. The lowest BCUT2D eigenvalue weighted by Gasteiger charge is -2.44. The van der Waals surface area contributed by atoms with Crippen molar-refractivity contribution in [2.75, 3.05) is 20.2 Å². The molecule has 5 nitrogen and oxygen atoms in total. The second-order valence-electron chi connectivity index (χ2n) is 6.86. The Kier molecular flexibility index (Phi) is 3.80. The molecule has 2 aliphatic heterocycles. The number of ether oxygens (including phenoxy) is 1. The summed E-state index contributed by atoms with van der Waals surface area (Å²) in [5.41, 5.74) is -0.463. The number of piperazine rings is 1. The molecular formula is C14H26N2O3. The van der Waals surface area contributed by atoms with E-state index in [1.165, 1.54) is 0 Å². The smallest absolute Gasteiger partial charge is 0.410 e. The number of likely N-dealkylation sites (tertiary alicyclic amines) is 1. The molecule has 2 aliphatic rings. The average Bonchev–Trinajstić information content (AvgIpc) is 2.49. The van der Waals surface area contributed by atoms with E-state index in [0.29, 0.717) is 12.6 Å². The van der Waals surface area contributed by atoms with Crippen molar-refractivity contribution < 1.29 is 14.6 Å². The highest BCUT2D eigenvalue weighted by atomic mass is 16.6. The second kappa shape index (κ2) is 4.94. The quantitative estimate of drug-likeness (QED) is 0.780. The van der Waals surface area contributed by atoms with Crippen LogP contribution in [0.1, 0.15) is 34.1 Å². The molecule has 19 heavy (non-hydrogen) atoms. The van der Waals surface area contributed by atoms with Gasteiger partial charge in [0.15, 0.2) is 0 Å². The highest BCUT2D eigenvalue weighted by Gasteiger charge is 2.49. The summed E-state index contributed by atoms with van der Waals surface area (Å²) < 4.78 is 5.48. The molecule has 1 N–H and O–H groups in total. The molecule has 2 unspecified atom stereocenters. The van der Waals surface area contributed by atoms with Crippen LogP contribution in [0.5, 0.6) is 0 Å². The maximum Gasteiger partial charge on any atom is 0.410 e. The third kappa shape index (κ3) is 2.72. The zero-order valence-corrected chi connectivity index (χ0v) is 12.6. The summed E-state index contributed by atoms with van der Waals surface area (Å²) >= 11 is 0. The molecule has 4 atom stereocenters. The summed E-state index contributed by atoms with van der Waals surface area (Å²) in [5.74, 6) is 0.262. The topological polar surface area (TPSA) is 53.0 Å². The zero-order valence-electron chi connectivity index (χ0n) is 12.6. The molecular weight excluding hydrogens is 244 g/mol. The maximum absolute atomic E-state index is 12.3. The van der Waals surface area contributed by atoms with E-state index < -0.39 is 5.60 Å². The fraction of sp³-hybridized carbons (Fsp3) is 0.929. The molecule has 0 aliphatic carbocycles. The van der Waals surface area contributed by atoms with Crippen LogP contribution in [-0.4, -0.2) is 64.9 Å². The number of hydrogen-bond donors (Lipinski definition) is 1. The summed E-state index contributed by atoms with van der Waals surface area (Å²) in [6.45, 7) is 8.59. The van der Waals surface area contributed by atoms with Crippen molar-refractivity contribution in [2.45, 2.75) is 57.8 Å². The lowest BCUT2D eigenvalue weighted by Crippen LogP contribution is -2.60. The number of aliphatic hydroxyl groups excluding tert-OH is 1. The minimum Gasteiger partial charge on any atom is -0.444 e. The van der Waals surface area contributed by atoms with Crippen molar-refractivity contribution in [3.8, 4) is 0 Å². The van der Waals surface area contributed by atoms with E-state index in [1.54, 1.807) is 0 Å². The van der Waals surface area contributed by atoms with Gasteiger partial charge < -0.3 is 14.7 Å². The summed E-state index contributed by atoms with van der Waals surface area (Å²) in [4.78, 5) is 16.4. The first-order valence-electron chi connectivity index (χ1n) is 7.07. The minimum atomic E-state index is -0.463. The number of carbonyl (C=O) groups is 1. The number of rotatable bonds is 1. The third-order valence-corrected chi connectivity index (χ3v) is 4.36.